The third kappa shape index (κ3) is 2.58. The third-order valence-electron chi connectivity index (χ3n) is 9.15. The zero-order chi connectivity index (χ0) is 18.9. The van der Waals surface area contributed by atoms with Crippen LogP contribution >= 0.6 is 0 Å². The topological polar surface area (TPSA) is 44.8 Å². The Hall–Kier alpha value is -0.870. The molecule has 0 aromatic heterocycles. The first-order chi connectivity index (χ1) is 12.9. The lowest BCUT2D eigenvalue weighted by atomic mass is 9.47. The third-order valence-corrected chi connectivity index (χ3v) is 9.15. The van der Waals surface area contributed by atoms with Gasteiger partial charge in [-0.05, 0) is 61.7 Å². The van der Waals surface area contributed by atoms with Crippen LogP contribution in [0.2, 0.25) is 0 Å². The lowest BCUT2D eigenvalue weighted by Crippen LogP contribution is -2.53. The van der Waals surface area contributed by atoms with Gasteiger partial charge in [0.05, 0.1) is 13.2 Å². The van der Waals surface area contributed by atoms with Crippen molar-refractivity contribution in [2.45, 2.75) is 84.0 Å². The number of fused-ring (bicyclic) bond motifs is 5. The Bertz CT molecular complexity index is 663. The van der Waals surface area contributed by atoms with Crippen LogP contribution in [0.1, 0.15) is 72.1 Å². The van der Waals surface area contributed by atoms with Crippen molar-refractivity contribution in [3.05, 3.63) is 11.6 Å². The SMILES string of the molecule is CC(=O)OC1CCC2C3CC=C4CC5(CCC4(C)C3CCC12C)OCCO5. The molecule has 4 aliphatic carbocycles. The number of ether oxygens (including phenoxy) is 3. The molecule has 0 radical (unpaired) electrons. The van der Waals surface area contributed by atoms with Crippen molar-refractivity contribution >= 4 is 5.97 Å². The molecule has 5 aliphatic rings. The van der Waals surface area contributed by atoms with Crippen LogP contribution in [-0.4, -0.2) is 31.1 Å². The molecule has 4 nitrogen and oxygen atoms in total. The summed E-state index contributed by atoms with van der Waals surface area (Å²) >= 11 is 0. The van der Waals surface area contributed by atoms with E-state index in [4.69, 9.17) is 14.2 Å². The lowest BCUT2D eigenvalue weighted by Gasteiger charge is -2.58. The molecule has 0 N–H and O–H groups in total. The smallest absolute Gasteiger partial charge is 0.302 e. The number of esters is 1. The maximum absolute atomic E-state index is 11.6. The van der Waals surface area contributed by atoms with Crippen LogP contribution in [0.3, 0.4) is 0 Å². The minimum Gasteiger partial charge on any atom is -0.462 e. The van der Waals surface area contributed by atoms with Crippen LogP contribution in [-0.2, 0) is 19.0 Å². The monoisotopic (exact) mass is 374 g/mol. The summed E-state index contributed by atoms with van der Waals surface area (Å²) in [4.78, 5) is 11.6. The van der Waals surface area contributed by atoms with Crippen LogP contribution in [0.5, 0.6) is 0 Å². The molecular formula is C23H34O4. The molecule has 4 fully saturated rings. The molecule has 3 saturated carbocycles. The minimum atomic E-state index is -0.324. The van der Waals surface area contributed by atoms with E-state index in [1.807, 2.05) is 0 Å². The summed E-state index contributed by atoms with van der Waals surface area (Å²) in [6, 6.07) is 0. The van der Waals surface area contributed by atoms with E-state index in [1.165, 1.54) is 32.1 Å². The predicted octanol–water partition coefficient (Wildman–Crippen LogP) is 4.62. The maximum Gasteiger partial charge on any atom is 0.302 e. The molecule has 4 heteroatoms. The highest BCUT2D eigenvalue weighted by atomic mass is 16.7. The molecule has 0 amide bonds. The largest absolute Gasteiger partial charge is 0.462 e. The van der Waals surface area contributed by atoms with E-state index in [2.05, 4.69) is 19.9 Å². The van der Waals surface area contributed by atoms with Gasteiger partial charge < -0.3 is 14.2 Å². The second-order valence-electron chi connectivity index (χ2n) is 10.3. The van der Waals surface area contributed by atoms with Gasteiger partial charge in [0, 0.05) is 25.2 Å². The molecule has 1 saturated heterocycles. The van der Waals surface area contributed by atoms with E-state index in [0.29, 0.717) is 11.3 Å². The summed E-state index contributed by atoms with van der Waals surface area (Å²) in [5, 5.41) is 0. The van der Waals surface area contributed by atoms with Gasteiger partial charge in [-0.15, -0.1) is 0 Å². The molecule has 150 valence electrons. The van der Waals surface area contributed by atoms with Gasteiger partial charge in [-0.1, -0.05) is 25.5 Å². The lowest BCUT2D eigenvalue weighted by molar-refractivity contribution is -0.186. The fraction of sp³-hybridized carbons (Fsp3) is 0.870. The van der Waals surface area contributed by atoms with Crippen LogP contribution in [0.25, 0.3) is 0 Å². The summed E-state index contributed by atoms with van der Waals surface area (Å²) in [7, 11) is 0. The summed E-state index contributed by atoms with van der Waals surface area (Å²) in [5.41, 5.74) is 2.06. The highest BCUT2D eigenvalue weighted by Crippen LogP contribution is 2.66. The molecule has 5 rings (SSSR count). The van der Waals surface area contributed by atoms with E-state index in [1.54, 1.807) is 12.5 Å². The first-order valence-electron chi connectivity index (χ1n) is 11.0. The second kappa shape index (κ2) is 6.06. The van der Waals surface area contributed by atoms with Gasteiger partial charge in [-0.2, -0.15) is 0 Å². The first kappa shape index (κ1) is 18.2. The van der Waals surface area contributed by atoms with E-state index < -0.39 is 0 Å². The highest BCUT2D eigenvalue weighted by molar-refractivity contribution is 5.66. The Morgan fingerprint density at radius 2 is 1.85 bits per heavy atom. The Kier molecular flexibility index (Phi) is 4.08. The van der Waals surface area contributed by atoms with Gasteiger partial charge >= 0.3 is 5.97 Å². The van der Waals surface area contributed by atoms with Crippen molar-refractivity contribution in [2.75, 3.05) is 13.2 Å². The maximum atomic E-state index is 11.6. The van der Waals surface area contributed by atoms with Crippen molar-refractivity contribution in [3.8, 4) is 0 Å². The molecule has 0 bridgehead atoms. The Morgan fingerprint density at radius 3 is 2.59 bits per heavy atom. The van der Waals surface area contributed by atoms with Crippen molar-refractivity contribution in [2.24, 2.45) is 28.6 Å². The molecule has 6 unspecified atom stereocenters. The van der Waals surface area contributed by atoms with Crippen LogP contribution in [0.15, 0.2) is 11.6 Å². The zero-order valence-electron chi connectivity index (χ0n) is 17.1. The molecule has 27 heavy (non-hydrogen) atoms. The first-order valence-corrected chi connectivity index (χ1v) is 11.0. The molecule has 1 spiro atoms. The molecule has 1 heterocycles. The number of carbonyl (C=O) groups excluding carboxylic acids is 1. The van der Waals surface area contributed by atoms with Crippen LogP contribution in [0.4, 0.5) is 0 Å². The fourth-order valence-electron chi connectivity index (χ4n) is 7.69. The summed E-state index contributed by atoms with van der Waals surface area (Å²) in [6.07, 6.45) is 11.7. The summed E-state index contributed by atoms with van der Waals surface area (Å²) in [6.45, 7) is 7.96. The zero-order valence-corrected chi connectivity index (χ0v) is 17.1. The van der Waals surface area contributed by atoms with E-state index in [-0.39, 0.29) is 23.3 Å². The average molecular weight is 375 g/mol. The predicted molar refractivity (Wildman–Crippen MR) is 102 cm³/mol. The molecular weight excluding hydrogens is 340 g/mol. The molecule has 0 aromatic carbocycles. The van der Waals surface area contributed by atoms with Crippen molar-refractivity contribution in [1.82, 2.24) is 0 Å². The van der Waals surface area contributed by atoms with E-state index >= 15 is 0 Å². The van der Waals surface area contributed by atoms with Crippen molar-refractivity contribution < 1.29 is 19.0 Å². The molecule has 0 aromatic rings. The van der Waals surface area contributed by atoms with Gasteiger partial charge in [0.25, 0.3) is 0 Å². The number of rotatable bonds is 1. The normalized spacial score (nSPS) is 47.7. The quantitative estimate of drug-likeness (QED) is 0.496. The minimum absolute atomic E-state index is 0.115. The standard InChI is InChI=1S/C23H34O4/c1-15(24)27-20-7-6-18-17-5-4-16-14-23(25-12-13-26-23)11-10-21(16,2)19(17)8-9-22(18,20)3/h4,17-20H,5-14H2,1-3H3. The van der Waals surface area contributed by atoms with Gasteiger partial charge in [0.1, 0.15) is 6.10 Å². The van der Waals surface area contributed by atoms with Crippen LogP contribution < -0.4 is 0 Å². The summed E-state index contributed by atoms with van der Waals surface area (Å²) < 4.78 is 17.8. The number of hydrogen-bond donors (Lipinski definition) is 0. The van der Waals surface area contributed by atoms with E-state index in [0.717, 1.165) is 44.3 Å². The molecule has 6 atom stereocenters. The van der Waals surface area contributed by atoms with Gasteiger partial charge in [-0.25, -0.2) is 0 Å². The Labute approximate surface area is 163 Å². The fourth-order valence-corrected chi connectivity index (χ4v) is 7.69. The summed E-state index contributed by atoms with van der Waals surface area (Å²) in [5.74, 6) is 1.73. The number of hydrogen-bond acceptors (Lipinski definition) is 4. The Balaban J connectivity index is 1.41. The van der Waals surface area contributed by atoms with Crippen LogP contribution in [0, 0.1) is 28.6 Å². The number of carbonyl (C=O) groups is 1. The Morgan fingerprint density at radius 1 is 1.07 bits per heavy atom. The van der Waals surface area contributed by atoms with Gasteiger partial charge in [0.15, 0.2) is 5.79 Å². The van der Waals surface area contributed by atoms with Crippen molar-refractivity contribution in [1.29, 1.82) is 0 Å². The van der Waals surface area contributed by atoms with Gasteiger partial charge in [-0.3, -0.25) is 4.79 Å². The average Bonchev–Trinajstić information content (AvgIpc) is 3.21. The van der Waals surface area contributed by atoms with E-state index in [9.17, 15) is 4.79 Å². The second-order valence-corrected chi connectivity index (χ2v) is 10.3. The number of allylic oxidation sites excluding steroid dienone is 1. The highest BCUT2D eigenvalue weighted by Gasteiger charge is 2.61. The molecule has 1 aliphatic heterocycles. The van der Waals surface area contributed by atoms with Crippen molar-refractivity contribution in [3.63, 3.8) is 0 Å². The van der Waals surface area contributed by atoms with Gasteiger partial charge in [0.2, 0.25) is 0 Å².